The van der Waals surface area contributed by atoms with E-state index in [1.54, 1.807) is 0 Å². The first-order chi connectivity index (χ1) is 27.6. The molecule has 0 unspecified atom stereocenters. The van der Waals surface area contributed by atoms with Crippen molar-refractivity contribution < 1.29 is 20.4 Å². The van der Waals surface area contributed by atoms with Crippen molar-refractivity contribution in [2.24, 2.45) is 9.98 Å². The van der Waals surface area contributed by atoms with Gasteiger partial charge in [-0.15, -0.1) is 0 Å². The fourth-order valence-electron chi connectivity index (χ4n) is 7.64. The summed E-state index contributed by atoms with van der Waals surface area (Å²) in [7, 11) is 0. The van der Waals surface area contributed by atoms with Crippen LogP contribution in [0.25, 0.3) is 0 Å². The van der Waals surface area contributed by atoms with Gasteiger partial charge in [0.15, 0.2) is 0 Å². The second kappa shape index (κ2) is 37.0. The van der Waals surface area contributed by atoms with Crippen LogP contribution in [0, 0.1) is 11.8 Å². The molecule has 0 saturated heterocycles. The van der Waals surface area contributed by atoms with Crippen LogP contribution in [-0.2, 0) is 46.1 Å². The van der Waals surface area contributed by atoms with Crippen LogP contribution in [0.5, 0.6) is 0 Å². The first kappa shape index (κ1) is 53.0. The molecule has 57 heavy (non-hydrogen) atoms. The van der Waals surface area contributed by atoms with Crippen LogP contribution >= 0.6 is 0 Å². The van der Waals surface area contributed by atoms with Crippen LogP contribution in [0.4, 0.5) is 11.4 Å². The van der Waals surface area contributed by atoms with Gasteiger partial charge in [-0.25, -0.2) is 4.99 Å². The zero-order valence-corrected chi connectivity index (χ0v) is 39.9. The van der Waals surface area contributed by atoms with Gasteiger partial charge < -0.3 is 0 Å². The molecule has 0 atom stereocenters. The molecule has 2 aromatic rings. The fourth-order valence-corrected chi connectivity index (χ4v) is 7.64. The van der Waals surface area contributed by atoms with E-state index in [4.69, 9.17) is 9.98 Å². The van der Waals surface area contributed by atoms with Gasteiger partial charge >= 0.3 is 0 Å². The van der Waals surface area contributed by atoms with Crippen LogP contribution < -0.4 is 0 Å². The molecule has 2 rings (SSSR count). The summed E-state index contributed by atoms with van der Waals surface area (Å²) in [6, 6.07) is 14.2. The Morgan fingerprint density at radius 1 is 0.386 bits per heavy atom. The average molecular weight is 872 g/mol. The van der Waals surface area contributed by atoms with Crippen LogP contribution in [0.1, 0.15) is 244 Å². The van der Waals surface area contributed by atoms with Crippen molar-refractivity contribution in [3.63, 3.8) is 0 Å². The Kier molecular flexibility index (Phi) is 34.4. The van der Waals surface area contributed by atoms with E-state index in [0.717, 1.165) is 74.2 Å². The monoisotopic (exact) mass is 871 g/mol. The smallest absolute Gasteiger partial charge is 0.135 e. The Labute approximate surface area is 368 Å². The minimum Gasteiger partial charge on any atom is -0.250 e. The molecule has 0 aromatic heterocycles. The van der Waals surface area contributed by atoms with Crippen molar-refractivity contribution in [1.29, 1.82) is 0 Å². The number of unbranched alkanes of at least 4 members (excludes halogenated alkanes) is 21. The number of aryl methyl sites for hydroxylation is 4. The summed E-state index contributed by atoms with van der Waals surface area (Å²) in [5.74, 6) is 7.25. The van der Waals surface area contributed by atoms with E-state index >= 15 is 0 Å². The standard InChI is InChI=1S/C54H88N2.Pd/c1-7-13-19-20-21-22-23-24-25-26-27-28-29-30-31-32-33-34-40-54(56-52-45-49(37-16-10-4)42-50(46-52)38-17-11-5)53(39-18-12-6)55-51-43-47(35-14-8-2)41-48(44-51)36-15-9-3;/h41-46H,7-33,35-39H2,1-6H3;/b55-53+,56-54+;. The van der Waals surface area contributed by atoms with E-state index in [9.17, 15) is 0 Å². The second-order valence-electron chi connectivity index (χ2n) is 16.9. The van der Waals surface area contributed by atoms with E-state index in [1.807, 2.05) is 0 Å². The Morgan fingerprint density at radius 2 is 0.719 bits per heavy atom. The van der Waals surface area contributed by atoms with Crippen molar-refractivity contribution in [3.05, 3.63) is 58.7 Å². The summed E-state index contributed by atoms with van der Waals surface area (Å²) >= 11 is 0. The van der Waals surface area contributed by atoms with E-state index in [1.165, 1.54) is 176 Å². The summed E-state index contributed by atoms with van der Waals surface area (Å²) < 4.78 is 0. The summed E-state index contributed by atoms with van der Waals surface area (Å²) in [6.45, 7) is 13.7. The topological polar surface area (TPSA) is 24.7 Å². The van der Waals surface area contributed by atoms with Gasteiger partial charge in [-0.2, -0.15) is 0 Å². The predicted molar refractivity (Wildman–Crippen MR) is 253 cm³/mol. The van der Waals surface area contributed by atoms with Gasteiger partial charge in [-0.3, -0.25) is 4.99 Å². The molecular formula is C54H88N2Pd. The molecule has 0 spiro atoms. The van der Waals surface area contributed by atoms with Crippen molar-refractivity contribution in [1.82, 2.24) is 0 Å². The SMILES string of the molecule is CCCCCCCCCCCCCCCCCCC#CC(=N\c1cc(CCCC)cc(CCCC)c1)/C(CCCC)=N/c1cc(CCCC)cc(CCCC)c1.[Pd]. The predicted octanol–water partition coefficient (Wildman–Crippen LogP) is 17.7. The van der Waals surface area contributed by atoms with Gasteiger partial charge in [0.25, 0.3) is 0 Å². The number of nitrogens with zero attached hydrogens (tertiary/aromatic N) is 2. The largest absolute Gasteiger partial charge is 0.250 e. The Morgan fingerprint density at radius 3 is 1.09 bits per heavy atom. The first-order valence-electron chi connectivity index (χ1n) is 24.5. The molecule has 0 aliphatic rings. The third-order valence-electron chi connectivity index (χ3n) is 11.3. The molecule has 0 heterocycles. The van der Waals surface area contributed by atoms with Gasteiger partial charge in [0.2, 0.25) is 0 Å². The van der Waals surface area contributed by atoms with Crippen molar-refractivity contribution >= 4 is 22.8 Å². The minimum absolute atomic E-state index is 0. The molecule has 0 aliphatic heterocycles. The number of rotatable bonds is 34. The van der Waals surface area contributed by atoms with E-state index in [2.05, 4.69) is 89.8 Å². The number of aliphatic imine (C=N–C) groups is 2. The summed E-state index contributed by atoms with van der Waals surface area (Å²) in [4.78, 5) is 10.9. The van der Waals surface area contributed by atoms with Crippen LogP contribution in [0.2, 0.25) is 0 Å². The third-order valence-corrected chi connectivity index (χ3v) is 11.3. The van der Waals surface area contributed by atoms with E-state index < -0.39 is 0 Å². The zero-order valence-electron chi connectivity index (χ0n) is 38.3. The van der Waals surface area contributed by atoms with Gasteiger partial charge in [0.1, 0.15) is 5.71 Å². The van der Waals surface area contributed by atoms with Gasteiger partial charge in [0.05, 0.1) is 17.1 Å². The minimum atomic E-state index is 0. The second-order valence-corrected chi connectivity index (χ2v) is 16.9. The van der Waals surface area contributed by atoms with Crippen molar-refractivity contribution in [2.75, 3.05) is 0 Å². The van der Waals surface area contributed by atoms with E-state index in [0.29, 0.717) is 0 Å². The summed E-state index contributed by atoms with van der Waals surface area (Å²) in [5.41, 5.74) is 9.77. The number of hydrogen-bond acceptors (Lipinski definition) is 2. The Balaban J connectivity index is 0.0000162. The van der Waals surface area contributed by atoms with E-state index in [-0.39, 0.29) is 20.4 Å². The van der Waals surface area contributed by atoms with Gasteiger partial charge in [-0.1, -0.05) is 188 Å². The van der Waals surface area contributed by atoms with Crippen LogP contribution in [0.3, 0.4) is 0 Å². The van der Waals surface area contributed by atoms with Crippen LogP contribution in [-0.4, -0.2) is 11.4 Å². The molecule has 0 aliphatic carbocycles. The number of benzene rings is 2. The third kappa shape index (κ3) is 26.7. The number of hydrogen-bond donors (Lipinski definition) is 0. The molecule has 0 saturated carbocycles. The molecule has 0 fully saturated rings. The van der Waals surface area contributed by atoms with Gasteiger partial charge in [0, 0.05) is 26.8 Å². The molecule has 3 heteroatoms. The van der Waals surface area contributed by atoms with Gasteiger partial charge in [-0.05, 0) is 123 Å². The Bertz CT molecular complexity index is 1340. The zero-order chi connectivity index (χ0) is 40.3. The summed E-state index contributed by atoms with van der Waals surface area (Å²) in [6.07, 6.45) is 40.5. The normalized spacial score (nSPS) is 11.8. The quantitative estimate of drug-likeness (QED) is 0.0290. The maximum atomic E-state index is 5.46. The Hall–Kier alpha value is -2.00. The molecule has 0 amide bonds. The molecule has 2 aromatic carbocycles. The maximum Gasteiger partial charge on any atom is 0.135 e. The molecule has 0 bridgehead atoms. The fraction of sp³-hybridized carbons (Fsp3) is 0.704. The average Bonchev–Trinajstić information content (AvgIpc) is 3.21. The molecule has 0 radical (unpaired) electrons. The summed E-state index contributed by atoms with van der Waals surface area (Å²) in [5, 5.41) is 0. The van der Waals surface area contributed by atoms with Crippen molar-refractivity contribution in [2.45, 2.75) is 247 Å². The molecule has 2 nitrogen and oxygen atoms in total. The maximum absolute atomic E-state index is 5.46. The van der Waals surface area contributed by atoms with Crippen molar-refractivity contribution in [3.8, 4) is 11.8 Å². The molecule has 0 N–H and O–H groups in total. The van der Waals surface area contributed by atoms with Crippen LogP contribution in [0.15, 0.2) is 46.4 Å². The first-order valence-corrected chi connectivity index (χ1v) is 24.5. The molecule has 324 valence electrons. The molecular weight excluding hydrogens is 783 g/mol.